The van der Waals surface area contributed by atoms with Crippen molar-refractivity contribution < 1.29 is 13.2 Å². The number of hydrogen-bond acceptors (Lipinski definition) is 2. The van der Waals surface area contributed by atoms with E-state index >= 15 is 0 Å². The zero-order valence-electron chi connectivity index (χ0n) is 6.61. The van der Waals surface area contributed by atoms with Gasteiger partial charge in [-0.25, -0.2) is 4.98 Å². The highest BCUT2D eigenvalue weighted by atomic mass is 79.9. The smallest absolute Gasteiger partial charge is 0.397 e. The summed E-state index contributed by atoms with van der Waals surface area (Å²) in [5.74, 6) is 0. The summed E-state index contributed by atoms with van der Waals surface area (Å²) in [6.45, 7) is 1.43. The fourth-order valence-electron chi connectivity index (χ4n) is 0.794. The van der Waals surface area contributed by atoms with Gasteiger partial charge in [0.2, 0.25) is 0 Å². The van der Waals surface area contributed by atoms with Crippen LogP contribution in [0.2, 0.25) is 0 Å². The maximum atomic E-state index is 12.2. The Morgan fingerprint density at radius 3 is 2.46 bits per heavy atom. The molecule has 0 spiro atoms. The van der Waals surface area contributed by atoms with Gasteiger partial charge in [0.25, 0.3) is 0 Å². The molecule has 0 saturated heterocycles. The van der Waals surface area contributed by atoms with Crippen molar-refractivity contribution in [3.8, 4) is 0 Å². The molecular formula is C7H6BrF3N2. The Kier molecular flexibility index (Phi) is 2.51. The van der Waals surface area contributed by atoms with Gasteiger partial charge < -0.3 is 5.73 Å². The van der Waals surface area contributed by atoms with Gasteiger partial charge in [-0.1, -0.05) is 0 Å². The Balaban J connectivity index is 3.32. The van der Waals surface area contributed by atoms with Crippen LogP contribution in [0.25, 0.3) is 0 Å². The monoisotopic (exact) mass is 254 g/mol. The van der Waals surface area contributed by atoms with Crippen LogP contribution in [0.5, 0.6) is 0 Å². The lowest BCUT2D eigenvalue weighted by atomic mass is 10.2. The number of nitrogens with zero attached hydrogens (tertiary/aromatic N) is 1. The first kappa shape index (κ1) is 10.3. The molecule has 0 atom stereocenters. The van der Waals surface area contributed by atoms with Crippen LogP contribution in [0, 0.1) is 6.92 Å². The van der Waals surface area contributed by atoms with Crippen LogP contribution < -0.4 is 5.73 Å². The zero-order chi connectivity index (χ0) is 10.2. The van der Waals surface area contributed by atoms with Crippen LogP contribution in [-0.4, -0.2) is 4.98 Å². The van der Waals surface area contributed by atoms with Crippen molar-refractivity contribution in [1.29, 1.82) is 0 Å². The van der Waals surface area contributed by atoms with E-state index in [1.54, 1.807) is 0 Å². The van der Waals surface area contributed by atoms with E-state index in [1.165, 1.54) is 13.0 Å². The molecule has 13 heavy (non-hydrogen) atoms. The highest BCUT2D eigenvalue weighted by Gasteiger charge is 2.35. The molecule has 0 amide bonds. The number of aryl methyl sites for hydroxylation is 1. The van der Waals surface area contributed by atoms with Gasteiger partial charge in [0, 0.05) is 0 Å². The van der Waals surface area contributed by atoms with Crippen molar-refractivity contribution >= 4 is 21.6 Å². The topological polar surface area (TPSA) is 38.9 Å². The third-order valence-electron chi connectivity index (χ3n) is 1.47. The summed E-state index contributed by atoms with van der Waals surface area (Å²) in [6, 6.07) is 1.20. The van der Waals surface area contributed by atoms with E-state index in [4.69, 9.17) is 5.73 Å². The SMILES string of the molecule is Cc1nc(C(F)(F)F)c(Br)cc1N. The first-order valence-electron chi connectivity index (χ1n) is 3.32. The number of alkyl halides is 3. The molecule has 0 fully saturated rings. The van der Waals surface area contributed by atoms with Crippen LogP contribution >= 0.6 is 15.9 Å². The molecule has 0 saturated carbocycles. The fourth-order valence-corrected chi connectivity index (χ4v) is 1.35. The number of halogens is 4. The lowest BCUT2D eigenvalue weighted by molar-refractivity contribution is -0.141. The number of pyridine rings is 1. The van der Waals surface area contributed by atoms with Crippen molar-refractivity contribution in [1.82, 2.24) is 4.98 Å². The summed E-state index contributed by atoms with van der Waals surface area (Å²) in [4.78, 5) is 3.35. The largest absolute Gasteiger partial charge is 0.434 e. The molecule has 1 aromatic rings. The second kappa shape index (κ2) is 3.17. The van der Waals surface area contributed by atoms with E-state index in [9.17, 15) is 13.2 Å². The van der Waals surface area contributed by atoms with Crippen LogP contribution in [0.1, 0.15) is 11.4 Å². The number of nitrogens with two attached hydrogens (primary N) is 1. The first-order valence-corrected chi connectivity index (χ1v) is 4.11. The van der Waals surface area contributed by atoms with E-state index in [2.05, 4.69) is 20.9 Å². The molecule has 0 unspecified atom stereocenters. The van der Waals surface area contributed by atoms with E-state index in [0.717, 1.165) is 0 Å². The van der Waals surface area contributed by atoms with Crippen LogP contribution in [-0.2, 0) is 6.18 Å². The Bertz CT molecular complexity index is 335. The molecule has 1 aromatic heterocycles. The average molecular weight is 255 g/mol. The maximum Gasteiger partial charge on any atom is 0.434 e. The van der Waals surface area contributed by atoms with Gasteiger partial charge in [0.05, 0.1) is 15.9 Å². The zero-order valence-corrected chi connectivity index (χ0v) is 8.20. The summed E-state index contributed by atoms with van der Waals surface area (Å²) in [6.07, 6.45) is -4.45. The molecule has 2 N–H and O–H groups in total. The summed E-state index contributed by atoms with van der Waals surface area (Å²) in [5, 5.41) is 0. The van der Waals surface area contributed by atoms with Gasteiger partial charge in [-0.3, -0.25) is 0 Å². The molecule has 1 rings (SSSR count). The molecule has 0 aliphatic carbocycles. The van der Waals surface area contributed by atoms with Gasteiger partial charge in [-0.15, -0.1) is 0 Å². The Morgan fingerprint density at radius 2 is 2.00 bits per heavy atom. The van der Waals surface area contributed by atoms with E-state index in [-0.39, 0.29) is 15.9 Å². The molecule has 72 valence electrons. The van der Waals surface area contributed by atoms with Gasteiger partial charge in [0.15, 0.2) is 5.69 Å². The summed E-state index contributed by atoms with van der Waals surface area (Å²) < 4.78 is 36.5. The molecule has 0 aliphatic rings. The van der Waals surface area contributed by atoms with E-state index < -0.39 is 11.9 Å². The minimum atomic E-state index is -4.45. The summed E-state index contributed by atoms with van der Waals surface area (Å²) >= 11 is 2.75. The van der Waals surface area contributed by atoms with Crippen molar-refractivity contribution in [2.45, 2.75) is 13.1 Å². The molecule has 2 nitrogen and oxygen atoms in total. The minimum absolute atomic E-state index is 0.136. The molecule has 1 heterocycles. The fraction of sp³-hybridized carbons (Fsp3) is 0.286. The van der Waals surface area contributed by atoms with E-state index in [0.29, 0.717) is 0 Å². The Labute approximate surface area is 81.1 Å². The Morgan fingerprint density at radius 1 is 1.46 bits per heavy atom. The van der Waals surface area contributed by atoms with Gasteiger partial charge in [-0.05, 0) is 28.9 Å². The normalized spacial score (nSPS) is 11.8. The molecule has 0 radical (unpaired) electrons. The molecule has 0 bridgehead atoms. The van der Waals surface area contributed by atoms with Crippen molar-refractivity contribution in [2.24, 2.45) is 0 Å². The predicted molar refractivity (Wildman–Crippen MR) is 46.1 cm³/mol. The third kappa shape index (κ3) is 2.12. The average Bonchev–Trinajstić information content (AvgIpc) is 1.94. The quantitative estimate of drug-likeness (QED) is 0.774. The van der Waals surface area contributed by atoms with Gasteiger partial charge in [-0.2, -0.15) is 13.2 Å². The van der Waals surface area contributed by atoms with Crippen molar-refractivity contribution in [3.63, 3.8) is 0 Å². The number of hydrogen-bond donors (Lipinski definition) is 1. The van der Waals surface area contributed by atoms with Crippen molar-refractivity contribution in [2.75, 3.05) is 5.73 Å². The first-order chi connectivity index (χ1) is 5.82. The second-order valence-electron chi connectivity index (χ2n) is 2.49. The standard InChI is InChI=1S/C7H6BrF3N2/c1-3-5(12)2-4(8)6(13-3)7(9,10)11/h2H,12H2,1H3. The lowest BCUT2D eigenvalue weighted by Gasteiger charge is -2.09. The maximum absolute atomic E-state index is 12.2. The molecular weight excluding hydrogens is 249 g/mol. The lowest BCUT2D eigenvalue weighted by Crippen LogP contribution is -2.11. The van der Waals surface area contributed by atoms with Crippen molar-refractivity contribution in [3.05, 3.63) is 21.9 Å². The predicted octanol–water partition coefficient (Wildman–Crippen LogP) is 2.75. The molecule has 0 aliphatic heterocycles. The molecule has 6 heteroatoms. The second-order valence-corrected chi connectivity index (χ2v) is 3.35. The number of anilines is 1. The molecule has 0 aromatic carbocycles. The van der Waals surface area contributed by atoms with E-state index in [1.807, 2.05) is 0 Å². The highest BCUT2D eigenvalue weighted by molar-refractivity contribution is 9.10. The highest BCUT2D eigenvalue weighted by Crippen LogP contribution is 2.34. The van der Waals surface area contributed by atoms with Crippen LogP contribution in [0.15, 0.2) is 10.5 Å². The summed E-state index contributed by atoms with van der Waals surface area (Å²) in [5.41, 5.74) is 4.84. The number of aromatic nitrogens is 1. The van der Waals surface area contributed by atoms with Gasteiger partial charge >= 0.3 is 6.18 Å². The Hall–Kier alpha value is -0.780. The third-order valence-corrected chi connectivity index (χ3v) is 2.08. The number of rotatable bonds is 0. The van der Waals surface area contributed by atoms with Crippen LogP contribution in [0.4, 0.5) is 18.9 Å². The van der Waals surface area contributed by atoms with Crippen LogP contribution in [0.3, 0.4) is 0 Å². The minimum Gasteiger partial charge on any atom is -0.397 e. The van der Waals surface area contributed by atoms with Gasteiger partial charge in [0.1, 0.15) is 0 Å². The summed E-state index contributed by atoms with van der Waals surface area (Å²) in [7, 11) is 0. The number of nitrogen functional groups attached to an aromatic ring is 1.